The van der Waals surface area contributed by atoms with Crippen molar-refractivity contribution in [1.29, 1.82) is 0 Å². The lowest BCUT2D eigenvalue weighted by Crippen LogP contribution is -2.28. The Hall–Kier alpha value is -1.40. The molecule has 2 heterocycles. The lowest BCUT2D eigenvalue weighted by atomic mass is 10.1. The van der Waals surface area contributed by atoms with Crippen LogP contribution in [0.3, 0.4) is 0 Å². The van der Waals surface area contributed by atoms with Gasteiger partial charge in [0.15, 0.2) is 0 Å². The van der Waals surface area contributed by atoms with Crippen molar-refractivity contribution >= 4 is 11.6 Å². The highest BCUT2D eigenvalue weighted by Gasteiger charge is 2.14. The summed E-state index contributed by atoms with van der Waals surface area (Å²) in [7, 11) is 1.90. The first-order chi connectivity index (χ1) is 8.79. The highest BCUT2D eigenvalue weighted by molar-refractivity contribution is 5.48. The fraction of sp³-hybridized carbons (Fsp3) is 0.667. The number of anilines is 2. The van der Waals surface area contributed by atoms with E-state index in [1.54, 1.807) is 6.33 Å². The maximum absolute atomic E-state index is 8.91. The van der Waals surface area contributed by atoms with Crippen molar-refractivity contribution in [1.82, 2.24) is 9.97 Å². The van der Waals surface area contributed by atoms with Gasteiger partial charge < -0.3 is 20.1 Å². The molecule has 100 valence electrons. The lowest BCUT2D eigenvalue weighted by molar-refractivity contribution is 0.0904. The van der Waals surface area contributed by atoms with Crippen molar-refractivity contribution in [3.05, 3.63) is 12.4 Å². The molecule has 0 radical (unpaired) electrons. The first-order valence-corrected chi connectivity index (χ1v) is 6.28. The van der Waals surface area contributed by atoms with Crippen LogP contribution >= 0.6 is 0 Å². The van der Waals surface area contributed by atoms with Gasteiger partial charge in [0.1, 0.15) is 18.0 Å². The van der Waals surface area contributed by atoms with Crippen LogP contribution < -0.4 is 10.2 Å². The maximum Gasteiger partial charge on any atom is 0.133 e. The Morgan fingerprint density at radius 2 is 2.22 bits per heavy atom. The lowest BCUT2D eigenvalue weighted by Gasteiger charge is -2.24. The Balaban J connectivity index is 1.97. The molecular weight excluding hydrogens is 232 g/mol. The molecule has 1 aromatic heterocycles. The van der Waals surface area contributed by atoms with E-state index in [0.717, 1.165) is 37.7 Å². The maximum atomic E-state index is 8.91. The molecule has 2 N–H and O–H groups in total. The summed E-state index contributed by atoms with van der Waals surface area (Å²) in [6.07, 6.45) is 3.56. The van der Waals surface area contributed by atoms with E-state index in [1.165, 1.54) is 0 Å². The molecule has 18 heavy (non-hydrogen) atoms. The van der Waals surface area contributed by atoms with Gasteiger partial charge >= 0.3 is 0 Å². The van der Waals surface area contributed by atoms with Crippen molar-refractivity contribution in [2.75, 3.05) is 43.6 Å². The number of hydrogen-bond donors (Lipinski definition) is 2. The molecule has 0 aromatic carbocycles. The molecule has 6 heteroatoms. The van der Waals surface area contributed by atoms with Crippen LogP contribution in [-0.2, 0) is 4.74 Å². The molecule has 2 rings (SSSR count). The Kier molecular flexibility index (Phi) is 4.72. The number of rotatable bonds is 5. The van der Waals surface area contributed by atoms with Gasteiger partial charge in [0.25, 0.3) is 0 Å². The standard InChI is InChI=1S/C12H20N4O2/c1-16(4-5-17)12-8-11(13-9-14-12)15-10-2-6-18-7-3-10/h8-10,17H,2-7H2,1H3,(H,13,14,15). The van der Waals surface area contributed by atoms with Crippen LogP contribution in [0.4, 0.5) is 11.6 Å². The smallest absolute Gasteiger partial charge is 0.133 e. The van der Waals surface area contributed by atoms with Gasteiger partial charge in [-0.1, -0.05) is 0 Å². The second kappa shape index (κ2) is 6.51. The summed E-state index contributed by atoms with van der Waals surface area (Å²) in [5.74, 6) is 1.64. The second-order valence-corrected chi connectivity index (χ2v) is 4.44. The largest absolute Gasteiger partial charge is 0.395 e. The van der Waals surface area contributed by atoms with Crippen LogP contribution in [0.25, 0.3) is 0 Å². The number of aliphatic hydroxyl groups is 1. The summed E-state index contributed by atoms with van der Waals surface area (Å²) in [4.78, 5) is 10.3. The van der Waals surface area contributed by atoms with Crippen LogP contribution in [0.15, 0.2) is 12.4 Å². The molecule has 0 saturated carbocycles. The molecular formula is C12H20N4O2. The zero-order valence-electron chi connectivity index (χ0n) is 10.7. The molecule has 1 fully saturated rings. The molecule has 1 aromatic rings. The quantitative estimate of drug-likeness (QED) is 0.795. The van der Waals surface area contributed by atoms with E-state index in [0.29, 0.717) is 12.6 Å². The first-order valence-electron chi connectivity index (χ1n) is 6.28. The predicted molar refractivity (Wildman–Crippen MR) is 69.9 cm³/mol. The molecule has 0 spiro atoms. The van der Waals surface area contributed by atoms with E-state index < -0.39 is 0 Å². The van der Waals surface area contributed by atoms with E-state index in [-0.39, 0.29) is 6.61 Å². The molecule has 1 aliphatic heterocycles. The van der Waals surface area contributed by atoms with Crippen LogP contribution in [-0.4, -0.2) is 54.5 Å². The highest BCUT2D eigenvalue weighted by atomic mass is 16.5. The number of aliphatic hydroxyl groups excluding tert-OH is 1. The van der Waals surface area contributed by atoms with Crippen molar-refractivity contribution in [3.8, 4) is 0 Å². The normalized spacial score (nSPS) is 16.6. The summed E-state index contributed by atoms with van der Waals surface area (Å²) in [5.41, 5.74) is 0. The summed E-state index contributed by atoms with van der Waals surface area (Å²) < 4.78 is 5.32. The number of hydrogen-bond acceptors (Lipinski definition) is 6. The van der Waals surface area contributed by atoms with E-state index in [2.05, 4.69) is 15.3 Å². The zero-order valence-corrected chi connectivity index (χ0v) is 10.7. The molecule has 0 amide bonds. The van der Waals surface area contributed by atoms with Crippen molar-refractivity contribution in [2.24, 2.45) is 0 Å². The summed E-state index contributed by atoms with van der Waals surface area (Å²) >= 11 is 0. The van der Waals surface area contributed by atoms with Crippen molar-refractivity contribution in [2.45, 2.75) is 18.9 Å². The number of nitrogens with zero attached hydrogens (tertiary/aromatic N) is 3. The Bertz CT molecular complexity index is 369. The third-order valence-electron chi connectivity index (χ3n) is 3.05. The topological polar surface area (TPSA) is 70.5 Å². The van der Waals surface area contributed by atoms with Crippen LogP contribution in [0, 0.1) is 0 Å². The van der Waals surface area contributed by atoms with Gasteiger partial charge in [-0.2, -0.15) is 0 Å². The molecule has 6 nitrogen and oxygen atoms in total. The zero-order chi connectivity index (χ0) is 12.8. The summed E-state index contributed by atoms with van der Waals surface area (Å²) in [6.45, 7) is 2.29. The fourth-order valence-corrected chi connectivity index (χ4v) is 1.95. The average Bonchev–Trinajstić information content (AvgIpc) is 2.40. The monoisotopic (exact) mass is 252 g/mol. The van der Waals surface area contributed by atoms with E-state index in [9.17, 15) is 0 Å². The Labute approximate surface area is 107 Å². The van der Waals surface area contributed by atoms with Gasteiger partial charge in [-0.25, -0.2) is 9.97 Å². The molecule has 1 aliphatic rings. The van der Waals surface area contributed by atoms with Gasteiger partial charge in [0.05, 0.1) is 6.61 Å². The van der Waals surface area contributed by atoms with Gasteiger partial charge in [-0.3, -0.25) is 0 Å². The number of likely N-dealkylation sites (N-methyl/N-ethyl adjacent to an activating group) is 1. The third kappa shape index (κ3) is 3.54. The fourth-order valence-electron chi connectivity index (χ4n) is 1.95. The molecule has 0 unspecified atom stereocenters. The van der Waals surface area contributed by atoms with Crippen molar-refractivity contribution in [3.63, 3.8) is 0 Å². The van der Waals surface area contributed by atoms with E-state index in [4.69, 9.17) is 9.84 Å². The molecule has 0 aliphatic carbocycles. The average molecular weight is 252 g/mol. The van der Waals surface area contributed by atoms with E-state index >= 15 is 0 Å². The Morgan fingerprint density at radius 1 is 1.44 bits per heavy atom. The van der Waals surface area contributed by atoms with Crippen LogP contribution in [0.2, 0.25) is 0 Å². The van der Waals surface area contributed by atoms with E-state index in [1.807, 2.05) is 18.0 Å². The molecule has 0 atom stereocenters. The Morgan fingerprint density at radius 3 is 2.94 bits per heavy atom. The van der Waals surface area contributed by atoms with Crippen molar-refractivity contribution < 1.29 is 9.84 Å². The SMILES string of the molecule is CN(CCO)c1cc(NC2CCOCC2)ncn1. The predicted octanol–water partition coefficient (Wildman–Crippen LogP) is 0.496. The third-order valence-corrected chi connectivity index (χ3v) is 3.05. The molecule has 1 saturated heterocycles. The molecule has 0 bridgehead atoms. The minimum Gasteiger partial charge on any atom is -0.395 e. The summed E-state index contributed by atoms with van der Waals surface area (Å²) in [5, 5.41) is 12.3. The summed E-state index contributed by atoms with van der Waals surface area (Å²) in [6, 6.07) is 2.33. The minimum absolute atomic E-state index is 0.114. The highest BCUT2D eigenvalue weighted by Crippen LogP contribution is 2.16. The second-order valence-electron chi connectivity index (χ2n) is 4.44. The van der Waals surface area contributed by atoms with Gasteiger partial charge in [-0.15, -0.1) is 0 Å². The first kappa shape index (κ1) is 13.0. The van der Waals surface area contributed by atoms with Gasteiger partial charge in [0, 0.05) is 38.9 Å². The number of ether oxygens (including phenoxy) is 1. The number of nitrogens with one attached hydrogen (secondary N) is 1. The minimum atomic E-state index is 0.114. The van der Waals surface area contributed by atoms with Gasteiger partial charge in [0.2, 0.25) is 0 Å². The van der Waals surface area contributed by atoms with Gasteiger partial charge in [-0.05, 0) is 12.8 Å². The van der Waals surface area contributed by atoms with Crippen LogP contribution in [0.1, 0.15) is 12.8 Å². The van der Waals surface area contributed by atoms with Crippen LogP contribution in [0.5, 0.6) is 0 Å². The number of aromatic nitrogens is 2.